The third-order valence-corrected chi connectivity index (χ3v) is 4.12. The van der Waals surface area contributed by atoms with Crippen molar-refractivity contribution >= 4 is 28.4 Å². The van der Waals surface area contributed by atoms with Crippen molar-refractivity contribution < 1.29 is 4.79 Å². The van der Waals surface area contributed by atoms with E-state index in [2.05, 4.69) is 27.4 Å². The minimum absolute atomic E-state index is 0.0557. The van der Waals surface area contributed by atoms with Gasteiger partial charge < -0.3 is 15.1 Å². The number of hydrogen-bond donors (Lipinski definition) is 1. The van der Waals surface area contributed by atoms with E-state index in [1.807, 2.05) is 43.3 Å². The minimum Gasteiger partial charge on any atom is -0.366 e. The van der Waals surface area contributed by atoms with Crippen LogP contribution in [0.1, 0.15) is 15.9 Å². The number of aromatic nitrogens is 2. The van der Waals surface area contributed by atoms with Crippen molar-refractivity contribution in [2.24, 2.45) is 0 Å². The van der Waals surface area contributed by atoms with E-state index < -0.39 is 0 Å². The molecule has 3 rings (SSSR count). The highest BCUT2D eigenvalue weighted by Gasteiger charge is 2.09. The first-order valence-electron chi connectivity index (χ1n) is 8.43. The first-order chi connectivity index (χ1) is 12.5. The second-order valence-corrected chi connectivity index (χ2v) is 6.54. The maximum Gasteiger partial charge on any atom is 0.254 e. The number of pyridine rings is 2. The molecule has 0 aliphatic rings. The lowest BCUT2D eigenvalue weighted by atomic mass is 10.1. The van der Waals surface area contributed by atoms with Crippen LogP contribution >= 0.6 is 0 Å². The van der Waals surface area contributed by atoms with E-state index in [0.717, 1.165) is 28.1 Å². The van der Waals surface area contributed by atoms with Gasteiger partial charge in [0.2, 0.25) is 0 Å². The zero-order chi connectivity index (χ0) is 18.7. The van der Waals surface area contributed by atoms with E-state index in [0.29, 0.717) is 12.1 Å². The molecule has 1 aromatic carbocycles. The Hall–Kier alpha value is -3.15. The molecule has 1 N–H and O–H groups in total. The first kappa shape index (κ1) is 17.7. The second kappa shape index (κ2) is 7.39. The van der Waals surface area contributed by atoms with Crippen LogP contribution in [0.2, 0.25) is 0 Å². The van der Waals surface area contributed by atoms with Crippen LogP contribution in [0.15, 0.2) is 48.7 Å². The molecule has 0 atom stereocenters. The molecule has 0 aliphatic carbocycles. The van der Waals surface area contributed by atoms with Crippen LogP contribution in [-0.2, 0) is 6.54 Å². The molecule has 0 saturated carbocycles. The van der Waals surface area contributed by atoms with Crippen molar-refractivity contribution in [1.82, 2.24) is 14.9 Å². The molecule has 0 aliphatic heterocycles. The third kappa shape index (κ3) is 3.74. The molecule has 0 unspecified atom stereocenters. The van der Waals surface area contributed by atoms with Crippen molar-refractivity contribution in [3.63, 3.8) is 0 Å². The van der Waals surface area contributed by atoms with Gasteiger partial charge in [0.1, 0.15) is 11.6 Å². The third-order valence-electron chi connectivity index (χ3n) is 4.12. The van der Waals surface area contributed by atoms with Crippen LogP contribution in [0, 0.1) is 0 Å². The fourth-order valence-electron chi connectivity index (χ4n) is 2.68. The number of fused-ring (bicyclic) bond motifs is 1. The van der Waals surface area contributed by atoms with E-state index in [4.69, 9.17) is 0 Å². The predicted octanol–water partition coefficient (Wildman–Crippen LogP) is 3.01. The first-order valence-corrected chi connectivity index (χ1v) is 8.43. The van der Waals surface area contributed by atoms with E-state index >= 15 is 0 Å². The van der Waals surface area contributed by atoms with Crippen molar-refractivity contribution in [3.8, 4) is 0 Å². The van der Waals surface area contributed by atoms with E-state index in [9.17, 15) is 4.79 Å². The number of benzene rings is 1. The van der Waals surface area contributed by atoms with Crippen molar-refractivity contribution in [1.29, 1.82) is 0 Å². The van der Waals surface area contributed by atoms with Gasteiger partial charge in [-0.05, 0) is 29.8 Å². The predicted molar refractivity (Wildman–Crippen MR) is 106 cm³/mol. The summed E-state index contributed by atoms with van der Waals surface area (Å²) in [5.41, 5.74) is 2.69. The lowest BCUT2D eigenvalue weighted by molar-refractivity contribution is 0.0827. The monoisotopic (exact) mass is 349 g/mol. The lowest BCUT2D eigenvalue weighted by Crippen LogP contribution is -2.21. The number of carbonyl (C=O) groups is 1. The van der Waals surface area contributed by atoms with Gasteiger partial charge >= 0.3 is 0 Å². The quantitative estimate of drug-likeness (QED) is 0.767. The summed E-state index contributed by atoms with van der Waals surface area (Å²) in [6, 6.07) is 13.8. The van der Waals surface area contributed by atoms with Gasteiger partial charge in [-0.2, -0.15) is 0 Å². The molecular weight excluding hydrogens is 326 g/mol. The number of carbonyl (C=O) groups excluding carboxylic acids is 1. The number of hydrogen-bond acceptors (Lipinski definition) is 5. The molecule has 0 spiro atoms. The number of nitrogens with zero attached hydrogens (tertiary/aromatic N) is 4. The molecule has 1 amide bonds. The molecule has 2 aromatic heterocycles. The van der Waals surface area contributed by atoms with Gasteiger partial charge in [-0.3, -0.25) is 4.79 Å². The smallest absolute Gasteiger partial charge is 0.254 e. The molecular formula is C20H23N5O. The van der Waals surface area contributed by atoms with Crippen molar-refractivity contribution in [3.05, 3.63) is 59.8 Å². The number of para-hydroxylation sites is 1. The molecule has 26 heavy (non-hydrogen) atoms. The van der Waals surface area contributed by atoms with Gasteiger partial charge in [-0.15, -0.1) is 0 Å². The van der Waals surface area contributed by atoms with E-state index in [1.165, 1.54) is 4.90 Å². The normalized spacial score (nSPS) is 10.6. The minimum atomic E-state index is -0.0557. The highest BCUT2D eigenvalue weighted by molar-refractivity contribution is 5.93. The number of rotatable bonds is 5. The summed E-state index contributed by atoms with van der Waals surface area (Å²) in [5, 5.41) is 4.45. The zero-order valence-corrected chi connectivity index (χ0v) is 15.5. The Balaban J connectivity index is 1.82. The zero-order valence-electron chi connectivity index (χ0n) is 15.5. The molecule has 3 aromatic rings. The van der Waals surface area contributed by atoms with Gasteiger partial charge in [-0.25, -0.2) is 9.97 Å². The molecule has 0 bridgehead atoms. The molecule has 6 nitrogen and oxygen atoms in total. The highest BCUT2D eigenvalue weighted by Crippen LogP contribution is 2.23. The molecule has 0 fully saturated rings. The average molecular weight is 349 g/mol. The van der Waals surface area contributed by atoms with Crippen molar-refractivity contribution in [2.45, 2.75) is 6.54 Å². The van der Waals surface area contributed by atoms with Gasteiger partial charge in [0, 0.05) is 46.3 Å². The average Bonchev–Trinajstić information content (AvgIpc) is 2.65. The summed E-state index contributed by atoms with van der Waals surface area (Å²) < 4.78 is 0. The van der Waals surface area contributed by atoms with Gasteiger partial charge in [0.15, 0.2) is 0 Å². The molecule has 0 saturated heterocycles. The van der Waals surface area contributed by atoms with E-state index in [1.54, 1.807) is 26.4 Å². The molecule has 2 heterocycles. The molecule has 134 valence electrons. The summed E-state index contributed by atoms with van der Waals surface area (Å²) >= 11 is 0. The second-order valence-electron chi connectivity index (χ2n) is 6.54. The topological polar surface area (TPSA) is 61.4 Å². The fraction of sp³-hybridized carbons (Fsp3) is 0.250. The van der Waals surface area contributed by atoms with E-state index in [-0.39, 0.29) is 5.91 Å². The summed E-state index contributed by atoms with van der Waals surface area (Å²) in [6.07, 6.45) is 1.60. The number of nitrogens with one attached hydrogen (secondary N) is 1. The Kier molecular flexibility index (Phi) is 5.02. The molecule has 6 heteroatoms. The molecule has 0 radical (unpaired) electrons. The summed E-state index contributed by atoms with van der Waals surface area (Å²) in [6.45, 7) is 0.623. The SMILES string of the molecule is CN(C)C(=O)c1ccc(NCc2cc(N(C)C)nc3ccccc23)nc1. The van der Waals surface area contributed by atoms with Crippen molar-refractivity contribution in [2.75, 3.05) is 38.4 Å². The van der Waals surface area contributed by atoms with Gasteiger partial charge in [-0.1, -0.05) is 18.2 Å². The Morgan fingerprint density at radius 1 is 1.08 bits per heavy atom. The van der Waals surface area contributed by atoms with Crippen LogP contribution in [0.4, 0.5) is 11.6 Å². The summed E-state index contributed by atoms with van der Waals surface area (Å²) in [5.74, 6) is 1.59. The van der Waals surface area contributed by atoms with Crippen LogP contribution in [0.5, 0.6) is 0 Å². The summed E-state index contributed by atoms with van der Waals surface area (Å²) in [7, 11) is 7.42. The lowest BCUT2D eigenvalue weighted by Gasteiger charge is -2.16. The van der Waals surface area contributed by atoms with Gasteiger partial charge in [0.25, 0.3) is 5.91 Å². The van der Waals surface area contributed by atoms with Gasteiger partial charge in [0.05, 0.1) is 11.1 Å². The number of amides is 1. The maximum atomic E-state index is 11.9. The van der Waals surface area contributed by atoms with Crippen LogP contribution < -0.4 is 10.2 Å². The number of anilines is 2. The summed E-state index contributed by atoms with van der Waals surface area (Å²) in [4.78, 5) is 24.5. The van der Waals surface area contributed by atoms with Crippen LogP contribution in [0.3, 0.4) is 0 Å². The Morgan fingerprint density at radius 3 is 2.50 bits per heavy atom. The maximum absolute atomic E-state index is 11.9. The Morgan fingerprint density at radius 2 is 1.85 bits per heavy atom. The largest absolute Gasteiger partial charge is 0.366 e. The fourth-order valence-corrected chi connectivity index (χ4v) is 2.68. The highest BCUT2D eigenvalue weighted by atomic mass is 16.2. The Labute approximate surface area is 153 Å². The van der Waals surface area contributed by atoms with Crippen LogP contribution in [-0.4, -0.2) is 49.0 Å². The van der Waals surface area contributed by atoms with Crippen LogP contribution in [0.25, 0.3) is 10.9 Å². The standard InChI is InChI=1S/C20H23N5O/c1-24(2)19-11-15(16-7-5-6-8-17(16)23-19)13-22-18-10-9-14(12-21-18)20(26)25(3)4/h5-12H,13H2,1-4H3,(H,21,22). The Bertz CT molecular complexity index is 919.